The van der Waals surface area contributed by atoms with E-state index in [-0.39, 0.29) is 42.5 Å². The van der Waals surface area contributed by atoms with Crippen molar-refractivity contribution in [2.24, 2.45) is 11.8 Å². The van der Waals surface area contributed by atoms with E-state index in [4.69, 9.17) is 32.2 Å². The second-order valence-electron chi connectivity index (χ2n) is 20.8. The first-order chi connectivity index (χ1) is 32.2. The maximum absolute atomic E-state index is 14.2. The Balaban J connectivity index is 2.07. The van der Waals surface area contributed by atoms with Gasteiger partial charge in [-0.15, -0.1) is 0 Å². The lowest BCUT2D eigenvalue weighted by atomic mass is 9.88. The Morgan fingerprint density at radius 1 is 0.897 bits per heavy atom. The van der Waals surface area contributed by atoms with Gasteiger partial charge in [0.15, 0.2) is 31.1 Å². The quantitative estimate of drug-likeness (QED) is 0.0234. The van der Waals surface area contributed by atoms with Crippen LogP contribution < -0.4 is 5.32 Å². The number of ether oxygens (including phenoxy) is 4. The van der Waals surface area contributed by atoms with Crippen LogP contribution in [0.3, 0.4) is 0 Å². The van der Waals surface area contributed by atoms with Gasteiger partial charge in [0.05, 0.1) is 30.3 Å². The number of nitrogens with zero attached hydrogens (tertiary/aromatic N) is 1. The molecule has 0 radical (unpaired) electrons. The minimum atomic E-state index is -2.19. The van der Waals surface area contributed by atoms with Crippen molar-refractivity contribution in [3.63, 3.8) is 0 Å². The van der Waals surface area contributed by atoms with Crippen LogP contribution in [0.5, 0.6) is 0 Å². The van der Waals surface area contributed by atoms with Crippen molar-refractivity contribution < 1.29 is 46.6 Å². The Morgan fingerprint density at radius 2 is 1.47 bits per heavy atom. The smallest absolute Gasteiger partial charge is 0.410 e. The molecule has 2 fully saturated rings. The molecule has 2 saturated heterocycles. The molecule has 10 atom stereocenters. The predicted octanol–water partition coefficient (Wildman–Crippen LogP) is 12.3. The molecule has 3 aliphatic rings. The average Bonchev–Trinajstić information content (AvgIpc) is 4.10. The first kappa shape index (κ1) is 60.2. The first-order valence-electron chi connectivity index (χ1n) is 27.0. The van der Waals surface area contributed by atoms with Crippen molar-refractivity contribution in [2.45, 2.75) is 245 Å². The van der Waals surface area contributed by atoms with Crippen LogP contribution >= 0.6 is 0 Å². The van der Waals surface area contributed by atoms with E-state index >= 15 is 0 Å². The molecule has 1 N–H and O–H groups in total. The molecule has 68 heavy (non-hydrogen) atoms. The van der Waals surface area contributed by atoms with Crippen LogP contribution in [0.4, 0.5) is 4.79 Å². The summed E-state index contributed by atoms with van der Waals surface area (Å²) in [6, 6.07) is 9.21. The zero-order valence-corrected chi connectivity index (χ0v) is 48.8. The topological polar surface area (TPSA) is 134 Å². The van der Waals surface area contributed by atoms with E-state index in [0.29, 0.717) is 39.0 Å². The maximum Gasteiger partial charge on any atom is 0.410 e. The highest BCUT2D eigenvalue weighted by molar-refractivity contribution is 6.74. The third kappa shape index (κ3) is 16.7. The molecule has 0 bridgehead atoms. The molecule has 0 aromatic carbocycles. The zero-order chi connectivity index (χ0) is 50.9. The Bertz CT molecular complexity index is 1640. The summed E-state index contributed by atoms with van der Waals surface area (Å²) < 4.78 is 46.9. The molecular formula is C53H98N2O10Si3. The van der Waals surface area contributed by atoms with E-state index in [1.165, 1.54) is 6.92 Å². The summed E-state index contributed by atoms with van der Waals surface area (Å²) in [5, 5.41) is 3.29. The Morgan fingerprint density at radius 3 is 2.00 bits per heavy atom. The van der Waals surface area contributed by atoms with Gasteiger partial charge in [-0.25, -0.2) is 4.79 Å². The Hall–Kier alpha value is -2.12. The molecule has 392 valence electrons. The molecule has 0 unspecified atom stereocenters. The normalized spacial score (nSPS) is 28.1. The lowest BCUT2D eigenvalue weighted by molar-refractivity contribution is -0.168. The van der Waals surface area contributed by atoms with Crippen LogP contribution in [-0.4, -0.2) is 122 Å². The van der Waals surface area contributed by atoms with E-state index in [2.05, 4.69) is 101 Å². The molecule has 3 rings (SSSR count). The number of carbonyl (C=O) groups is 3. The van der Waals surface area contributed by atoms with Gasteiger partial charge in [0.2, 0.25) is 0 Å². The Kier molecular flexibility index (Phi) is 24.5. The van der Waals surface area contributed by atoms with Crippen LogP contribution in [0.1, 0.15) is 143 Å². The van der Waals surface area contributed by atoms with Crippen molar-refractivity contribution in [2.75, 3.05) is 26.2 Å². The number of esters is 2. The largest absolute Gasteiger partial charge is 0.457 e. The van der Waals surface area contributed by atoms with Crippen LogP contribution in [0.2, 0.25) is 54.4 Å². The van der Waals surface area contributed by atoms with Gasteiger partial charge in [-0.05, 0) is 106 Å². The molecule has 3 heterocycles. The summed E-state index contributed by atoms with van der Waals surface area (Å²) in [5.41, 5.74) is -0.957. The summed E-state index contributed by atoms with van der Waals surface area (Å²) in [6.45, 7) is 36.5. The van der Waals surface area contributed by atoms with E-state index in [1.54, 1.807) is 4.90 Å². The van der Waals surface area contributed by atoms with Crippen LogP contribution in [0, 0.1) is 11.8 Å². The third-order valence-corrected chi connectivity index (χ3v) is 30.5. The van der Waals surface area contributed by atoms with Crippen LogP contribution in [0.15, 0.2) is 36.0 Å². The number of allylic oxidation sites excluding steroid dienone is 2. The summed E-state index contributed by atoms with van der Waals surface area (Å²) >= 11 is 0. The number of cyclic esters (lactones) is 1. The van der Waals surface area contributed by atoms with Gasteiger partial charge in [-0.3, -0.25) is 9.59 Å². The van der Waals surface area contributed by atoms with Crippen molar-refractivity contribution >= 4 is 43.0 Å². The number of amides is 1. The fourth-order valence-corrected chi connectivity index (χ4v) is 19.7. The highest BCUT2D eigenvalue weighted by Crippen LogP contribution is 2.43. The summed E-state index contributed by atoms with van der Waals surface area (Å²) in [7, 11) is -6.05. The zero-order valence-electron chi connectivity index (χ0n) is 45.8. The molecule has 0 spiro atoms. The van der Waals surface area contributed by atoms with Gasteiger partial charge < -0.3 is 42.4 Å². The van der Waals surface area contributed by atoms with E-state index < -0.39 is 66.5 Å². The number of piperazine rings is 1. The molecule has 15 heteroatoms. The molecule has 12 nitrogen and oxygen atoms in total. The fourth-order valence-electron chi connectivity index (χ4n) is 10.7. The van der Waals surface area contributed by atoms with Gasteiger partial charge in [-0.1, -0.05) is 107 Å². The van der Waals surface area contributed by atoms with E-state index in [1.807, 2.05) is 39.0 Å². The second kappa shape index (κ2) is 27.6. The van der Waals surface area contributed by atoms with Crippen molar-refractivity contribution in [3.05, 3.63) is 36.0 Å². The van der Waals surface area contributed by atoms with Crippen LogP contribution in [0.25, 0.3) is 0 Å². The standard InChI is InChI=1S/C53H98N2O10Si3/c1-17-45(64-67(21-5,22-6)23-7)42(13)50-46(59-50)39-52(15,65-68(24-8,25-9)26-10)32-27-28-40(11)49-41(12)29-30-47(60-51(58)55-36-34-54-35-37-55)53(16,62-43(14)56)33-31-44(38-48(57)61-49)63-66(18-2,19-3)20-4/h27-30,32,41-42,44-47,49-50,54H,17-26,31,33-39H2,1-16H3/b30-29+,32-27+,40-28+/t41-,42+,44+,45-,46+,47+,49+,50+,52-,53+/m0/s1. The average molecular weight is 1010 g/mol. The van der Waals surface area contributed by atoms with Crippen molar-refractivity contribution in [1.29, 1.82) is 0 Å². The third-order valence-electron chi connectivity index (χ3n) is 16.3. The number of hydrogen-bond donors (Lipinski definition) is 1. The molecule has 0 aromatic heterocycles. The second-order valence-corrected chi connectivity index (χ2v) is 34.9. The van der Waals surface area contributed by atoms with Gasteiger partial charge in [-0.2, -0.15) is 0 Å². The lowest BCUT2D eigenvalue weighted by Crippen LogP contribution is -2.51. The Labute approximate surface area is 417 Å². The number of nitrogens with one attached hydrogen (secondary N) is 1. The molecule has 3 aliphatic heterocycles. The maximum atomic E-state index is 14.2. The number of rotatable bonds is 25. The SMILES string of the molecule is CC[C@H](O[Si](CC)(CC)CC)[C@@H](C)[C@H]1O[C@@H]1C[C@](C)(/C=C/C=C(\C)[C@H]1OC(=O)C[C@H](O[Si](CC)(CC)CC)CC[C@@](C)(OC(C)=O)[C@H](OC(=O)N2CCNCC2)/C=C/[C@@H]1C)O[Si](CC)(CC)CC. The molecule has 0 aliphatic carbocycles. The molecular weight excluding hydrogens is 909 g/mol. The van der Waals surface area contributed by atoms with Crippen molar-refractivity contribution in [3.8, 4) is 0 Å². The highest BCUT2D eigenvalue weighted by Gasteiger charge is 2.51. The highest BCUT2D eigenvalue weighted by atomic mass is 28.4. The van der Waals surface area contributed by atoms with Gasteiger partial charge in [0.1, 0.15) is 11.7 Å². The summed E-state index contributed by atoms with van der Waals surface area (Å²) in [6.07, 6.45) is 10.4. The minimum Gasteiger partial charge on any atom is -0.457 e. The monoisotopic (exact) mass is 1010 g/mol. The summed E-state index contributed by atoms with van der Waals surface area (Å²) in [5.74, 6) is -0.875. The summed E-state index contributed by atoms with van der Waals surface area (Å²) in [4.78, 5) is 42.4. The number of epoxide rings is 1. The predicted molar refractivity (Wildman–Crippen MR) is 283 cm³/mol. The molecule has 0 aromatic rings. The minimum absolute atomic E-state index is 0.0548. The van der Waals surface area contributed by atoms with Crippen LogP contribution in [-0.2, 0) is 41.8 Å². The van der Waals surface area contributed by atoms with Gasteiger partial charge in [0, 0.05) is 57.5 Å². The van der Waals surface area contributed by atoms with Gasteiger partial charge >= 0.3 is 18.0 Å². The van der Waals surface area contributed by atoms with Crippen molar-refractivity contribution in [1.82, 2.24) is 10.2 Å². The first-order valence-corrected chi connectivity index (χ1v) is 34.6. The van der Waals surface area contributed by atoms with E-state index in [9.17, 15) is 14.4 Å². The lowest BCUT2D eigenvalue weighted by Gasteiger charge is -2.39. The number of carbonyl (C=O) groups excluding carboxylic acids is 3. The van der Waals surface area contributed by atoms with E-state index in [0.717, 1.165) is 72.8 Å². The number of hydrogen-bond acceptors (Lipinski definition) is 11. The molecule has 0 saturated carbocycles. The fraction of sp³-hybridized carbons (Fsp3) is 0.830. The van der Waals surface area contributed by atoms with Gasteiger partial charge in [0.25, 0.3) is 0 Å². The molecule has 1 amide bonds.